The zero-order valence-electron chi connectivity index (χ0n) is 14.9. The number of nitrogens with zero attached hydrogens (tertiary/aromatic N) is 2. The summed E-state index contributed by atoms with van der Waals surface area (Å²) in [6.07, 6.45) is 0.819. The van der Waals surface area contributed by atoms with Gasteiger partial charge >= 0.3 is 0 Å². The van der Waals surface area contributed by atoms with E-state index in [0.29, 0.717) is 0 Å². The van der Waals surface area contributed by atoms with Gasteiger partial charge in [0.05, 0.1) is 11.5 Å². The smallest absolute Gasteiger partial charge is 0.288 e. The topological polar surface area (TPSA) is 127 Å². The van der Waals surface area contributed by atoms with E-state index in [1.807, 2.05) is 0 Å². The van der Waals surface area contributed by atoms with E-state index in [-0.39, 0.29) is 11.3 Å². The number of rotatable bonds is 6. The molecule has 2 amide bonds. The maximum absolute atomic E-state index is 13.1. The molecule has 1 N–H and O–H groups in total. The SMILES string of the molecule is CN(CC(=O)Nc1cccc(F)c1)C(=O)c1ccc(S(C)(=O)=O)c([N+](=O)[O-])c1. The Hall–Kier alpha value is -3.34. The van der Waals surface area contributed by atoms with E-state index < -0.39 is 49.5 Å². The molecular weight excluding hydrogens is 393 g/mol. The number of amides is 2. The third-order valence-corrected chi connectivity index (χ3v) is 4.78. The predicted octanol–water partition coefficient (Wildman–Crippen LogP) is 1.85. The molecule has 11 heteroatoms. The van der Waals surface area contributed by atoms with Crippen molar-refractivity contribution in [2.75, 3.05) is 25.2 Å². The summed E-state index contributed by atoms with van der Waals surface area (Å²) in [5.74, 6) is -1.87. The van der Waals surface area contributed by atoms with Crippen LogP contribution in [0.15, 0.2) is 47.4 Å². The molecule has 2 rings (SSSR count). The number of hydrogen-bond donors (Lipinski definition) is 1. The highest BCUT2D eigenvalue weighted by Crippen LogP contribution is 2.25. The molecule has 148 valence electrons. The highest BCUT2D eigenvalue weighted by atomic mass is 32.2. The van der Waals surface area contributed by atoms with Gasteiger partial charge in [0.1, 0.15) is 10.7 Å². The Morgan fingerprint density at radius 1 is 1.21 bits per heavy atom. The fourth-order valence-electron chi connectivity index (χ4n) is 2.38. The Kier molecular flexibility index (Phi) is 6.09. The quantitative estimate of drug-likeness (QED) is 0.573. The van der Waals surface area contributed by atoms with Gasteiger partial charge in [-0.25, -0.2) is 12.8 Å². The molecular formula is C17H16FN3O6S. The van der Waals surface area contributed by atoms with E-state index in [1.165, 1.54) is 25.2 Å². The Balaban J connectivity index is 2.17. The lowest BCUT2D eigenvalue weighted by molar-refractivity contribution is -0.387. The Morgan fingerprint density at radius 3 is 2.46 bits per heavy atom. The first-order chi connectivity index (χ1) is 13.0. The van der Waals surface area contributed by atoms with Crippen molar-refractivity contribution in [3.05, 3.63) is 64.0 Å². The molecule has 28 heavy (non-hydrogen) atoms. The van der Waals surface area contributed by atoms with Crippen molar-refractivity contribution < 1.29 is 27.3 Å². The zero-order chi connectivity index (χ0) is 21.1. The molecule has 0 saturated carbocycles. The largest absolute Gasteiger partial charge is 0.332 e. The molecule has 0 unspecified atom stereocenters. The van der Waals surface area contributed by atoms with Gasteiger partial charge in [0.25, 0.3) is 11.6 Å². The third-order valence-electron chi connectivity index (χ3n) is 3.64. The average molecular weight is 409 g/mol. The summed E-state index contributed by atoms with van der Waals surface area (Å²) in [4.78, 5) is 35.2. The maximum atomic E-state index is 13.1. The number of carbonyl (C=O) groups is 2. The fourth-order valence-corrected chi connectivity index (χ4v) is 3.21. The standard InChI is InChI=1S/C17H16FN3O6S/c1-20(10-16(22)19-13-5-3-4-12(18)9-13)17(23)11-6-7-15(28(2,26)27)14(8-11)21(24)25/h3-9H,10H2,1-2H3,(H,19,22). The Morgan fingerprint density at radius 2 is 1.89 bits per heavy atom. The summed E-state index contributed by atoms with van der Waals surface area (Å²) >= 11 is 0. The van der Waals surface area contributed by atoms with Crippen LogP contribution >= 0.6 is 0 Å². The molecule has 0 aliphatic heterocycles. The van der Waals surface area contributed by atoms with Crippen molar-refractivity contribution in [3.8, 4) is 0 Å². The fraction of sp³-hybridized carbons (Fsp3) is 0.176. The third kappa shape index (κ3) is 5.10. The van der Waals surface area contributed by atoms with Gasteiger partial charge in [-0.2, -0.15) is 0 Å². The summed E-state index contributed by atoms with van der Waals surface area (Å²) < 4.78 is 36.4. The molecule has 2 aromatic rings. The number of nitro groups is 1. The molecule has 0 atom stereocenters. The van der Waals surface area contributed by atoms with Crippen molar-refractivity contribution in [3.63, 3.8) is 0 Å². The monoisotopic (exact) mass is 409 g/mol. The predicted molar refractivity (Wildman–Crippen MR) is 98.2 cm³/mol. The van der Waals surface area contributed by atoms with E-state index in [4.69, 9.17) is 0 Å². The van der Waals surface area contributed by atoms with Crippen molar-refractivity contribution in [2.24, 2.45) is 0 Å². The molecule has 0 heterocycles. The number of benzene rings is 2. The Labute approximate surface area is 159 Å². The van der Waals surface area contributed by atoms with Crippen LogP contribution in [-0.2, 0) is 14.6 Å². The van der Waals surface area contributed by atoms with E-state index in [0.717, 1.165) is 35.4 Å². The van der Waals surface area contributed by atoms with Crippen LogP contribution in [0.4, 0.5) is 15.8 Å². The lowest BCUT2D eigenvalue weighted by Gasteiger charge is -2.17. The second-order valence-electron chi connectivity index (χ2n) is 5.93. The van der Waals surface area contributed by atoms with Crippen LogP contribution in [0.3, 0.4) is 0 Å². The lowest BCUT2D eigenvalue weighted by Crippen LogP contribution is -2.35. The highest BCUT2D eigenvalue weighted by Gasteiger charge is 2.25. The summed E-state index contributed by atoms with van der Waals surface area (Å²) in [5.41, 5.74) is -0.676. The van der Waals surface area contributed by atoms with Crippen LogP contribution in [0.25, 0.3) is 0 Å². The van der Waals surface area contributed by atoms with Crippen LogP contribution in [0.5, 0.6) is 0 Å². The van der Waals surface area contributed by atoms with Crippen molar-refractivity contribution in [2.45, 2.75) is 4.90 Å². The van der Waals surface area contributed by atoms with Gasteiger partial charge in [-0.15, -0.1) is 0 Å². The van der Waals surface area contributed by atoms with Gasteiger partial charge in [0.2, 0.25) is 5.91 Å². The normalized spacial score (nSPS) is 11.0. The second-order valence-corrected chi connectivity index (χ2v) is 7.92. The van der Waals surface area contributed by atoms with Gasteiger partial charge in [-0.3, -0.25) is 19.7 Å². The summed E-state index contributed by atoms with van der Waals surface area (Å²) in [5, 5.41) is 13.6. The molecule has 0 saturated heterocycles. The summed E-state index contributed by atoms with van der Waals surface area (Å²) in [6.45, 7) is -0.406. The molecule has 0 bridgehead atoms. The van der Waals surface area contributed by atoms with Gasteiger partial charge in [0, 0.05) is 30.6 Å². The highest BCUT2D eigenvalue weighted by molar-refractivity contribution is 7.90. The minimum Gasteiger partial charge on any atom is -0.332 e. The summed E-state index contributed by atoms with van der Waals surface area (Å²) in [7, 11) is -2.56. The number of carbonyl (C=O) groups excluding carboxylic acids is 2. The number of nitro benzene ring substituents is 1. The molecule has 0 aliphatic rings. The molecule has 0 radical (unpaired) electrons. The van der Waals surface area contributed by atoms with Crippen molar-refractivity contribution >= 4 is 33.0 Å². The van der Waals surface area contributed by atoms with Crippen molar-refractivity contribution in [1.82, 2.24) is 4.90 Å². The van der Waals surface area contributed by atoms with E-state index in [1.54, 1.807) is 0 Å². The maximum Gasteiger partial charge on any atom is 0.288 e. The molecule has 0 aromatic heterocycles. The van der Waals surface area contributed by atoms with E-state index in [2.05, 4.69) is 5.32 Å². The van der Waals surface area contributed by atoms with Gasteiger partial charge in [-0.1, -0.05) is 6.07 Å². The lowest BCUT2D eigenvalue weighted by atomic mass is 10.1. The number of anilines is 1. The first-order valence-corrected chi connectivity index (χ1v) is 9.67. The number of halogens is 1. The van der Waals surface area contributed by atoms with Gasteiger partial charge in [0.15, 0.2) is 9.84 Å². The van der Waals surface area contributed by atoms with Gasteiger partial charge in [-0.05, 0) is 30.3 Å². The number of hydrogen-bond acceptors (Lipinski definition) is 6. The molecule has 9 nitrogen and oxygen atoms in total. The molecule has 0 fully saturated rings. The zero-order valence-corrected chi connectivity index (χ0v) is 15.7. The number of likely N-dealkylation sites (N-methyl/N-ethyl adjacent to an activating group) is 1. The number of sulfone groups is 1. The first kappa shape index (κ1) is 21.0. The molecule has 0 aliphatic carbocycles. The number of nitrogens with one attached hydrogen (secondary N) is 1. The van der Waals surface area contributed by atoms with Crippen molar-refractivity contribution in [1.29, 1.82) is 0 Å². The molecule has 0 spiro atoms. The second kappa shape index (κ2) is 8.13. The van der Waals surface area contributed by atoms with Crippen LogP contribution in [-0.4, -0.2) is 49.9 Å². The molecule has 2 aromatic carbocycles. The van der Waals surface area contributed by atoms with Gasteiger partial charge < -0.3 is 10.2 Å². The van der Waals surface area contributed by atoms with Crippen LogP contribution in [0.2, 0.25) is 0 Å². The first-order valence-electron chi connectivity index (χ1n) is 7.78. The van der Waals surface area contributed by atoms with E-state index in [9.17, 15) is 32.5 Å². The minimum atomic E-state index is -3.86. The minimum absolute atomic E-state index is 0.153. The van der Waals surface area contributed by atoms with Crippen LogP contribution in [0, 0.1) is 15.9 Å². The van der Waals surface area contributed by atoms with Crippen LogP contribution in [0.1, 0.15) is 10.4 Å². The Bertz CT molecular complexity index is 1050. The average Bonchev–Trinajstić information content (AvgIpc) is 2.59. The van der Waals surface area contributed by atoms with Crippen LogP contribution < -0.4 is 5.32 Å². The van der Waals surface area contributed by atoms with E-state index >= 15 is 0 Å². The summed E-state index contributed by atoms with van der Waals surface area (Å²) in [6, 6.07) is 8.14.